The van der Waals surface area contributed by atoms with E-state index in [9.17, 15) is 0 Å². The second kappa shape index (κ2) is 5.96. The first kappa shape index (κ1) is 13.9. The number of anilines is 1. The molecule has 0 aromatic carbocycles. The lowest BCUT2D eigenvalue weighted by molar-refractivity contribution is 0.272. The zero-order valence-electron chi connectivity index (χ0n) is 11.3. The summed E-state index contributed by atoms with van der Waals surface area (Å²) in [4.78, 5) is 8.32. The number of hydrogen-bond acceptors (Lipinski definition) is 4. The van der Waals surface area contributed by atoms with E-state index in [-0.39, 0.29) is 0 Å². The summed E-state index contributed by atoms with van der Waals surface area (Å²) in [6.45, 7) is 10.7. The fourth-order valence-electron chi connectivity index (χ4n) is 2.19. The molecule has 0 saturated heterocycles. The molecule has 0 radical (unpaired) electrons. The topological polar surface area (TPSA) is 63.8 Å². The van der Waals surface area contributed by atoms with E-state index >= 15 is 0 Å². The van der Waals surface area contributed by atoms with E-state index in [4.69, 9.17) is 5.73 Å². The van der Waals surface area contributed by atoms with Crippen LogP contribution in [0, 0.1) is 11.3 Å². The van der Waals surface area contributed by atoms with Gasteiger partial charge < -0.3 is 11.1 Å². The average molecular weight is 236 g/mol. The molecule has 0 amide bonds. The lowest BCUT2D eigenvalue weighted by Crippen LogP contribution is -2.30. The summed E-state index contributed by atoms with van der Waals surface area (Å²) in [7, 11) is 0. The number of aromatic nitrogens is 2. The van der Waals surface area contributed by atoms with Gasteiger partial charge in [-0.1, -0.05) is 27.7 Å². The molecule has 4 nitrogen and oxygen atoms in total. The molecule has 96 valence electrons. The Balaban J connectivity index is 2.37. The third kappa shape index (κ3) is 5.63. The molecule has 0 aliphatic heterocycles. The van der Waals surface area contributed by atoms with Crippen molar-refractivity contribution in [3.05, 3.63) is 18.1 Å². The summed E-state index contributed by atoms with van der Waals surface area (Å²) in [6.07, 6.45) is 2.90. The van der Waals surface area contributed by atoms with E-state index in [1.807, 2.05) is 0 Å². The van der Waals surface area contributed by atoms with E-state index in [1.165, 1.54) is 6.42 Å². The van der Waals surface area contributed by atoms with Gasteiger partial charge in [0, 0.05) is 12.7 Å². The van der Waals surface area contributed by atoms with Crippen molar-refractivity contribution in [3.8, 4) is 0 Å². The SMILES string of the molecule is CC(C)CC(C)(C)CNCc1nccc(N)n1. The predicted molar refractivity (Wildman–Crippen MR) is 71.4 cm³/mol. The quantitative estimate of drug-likeness (QED) is 0.795. The maximum absolute atomic E-state index is 5.60. The van der Waals surface area contributed by atoms with Gasteiger partial charge >= 0.3 is 0 Å². The number of nitrogens with two attached hydrogens (primary N) is 1. The van der Waals surface area contributed by atoms with Crippen molar-refractivity contribution in [3.63, 3.8) is 0 Å². The third-order valence-corrected chi connectivity index (χ3v) is 2.57. The number of nitrogens with zero attached hydrogens (tertiary/aromatic N) is 2. The first-order chi connectivity index (χ1) is 7.89. The lowest BCUT2D eigenvalue weighted by Gasteiger charge is -2.26. The molecule has 4 heteroatoms. The molecule has 1 aromatic rings. The normalized spacial score (nSPS) is 12.1. The van der Waals surface area contributed by atoms with Crippen LogP contribution in [0.1, 0.15) is 39.9 Å². The van der Waals surface area contributed by atoms with Crippen molar-refractivity contribution in [2.24, 2.45) is 11.3 Å². The summed E-state index contributed by atoms with van der Waals surface area (Å²) < 4.78 is 0. The lowest BCUT2D eigenvalue weighted by atomic mass is 9.84. The Kier molecular flexibility index (Phi) is 4.87. The Morgan fingerprint density at radius 3 is 2.71 bits per heavy atom. The highest BCUT2D eigenvalue weighted by Crippen LogP contribution is 2.24. The molecule has 17 heavy (non-hydrogen) atoms. The molecule has 0 atom stereocenters. The molecule has 1 rings (SSSR count). The second-order valence-electron chi connectivity index (χ2n) is 5.76. The fourth-order valence-corrected chi connectivity index (χ4v) is 2.19. The van der Waals surface area contributed by atoms with Crippen LogP contribution in [-0.2, 0) is 6.54 Å². The molecule has 0 unspecified atom stereocenters. The number of rotatable bonds is 6. The van der Waals surface area contributed by atoms with Crippen LogP contribution in [0.2, 0.25) is 0 Å². The minimum Gasteiger partial charge on any atom is -0.384 e. The van der Waals surface area contributed by atoms with Crippen LogP contribution >= 0.6 is 0 Å². The molecular weight excluding hydrogens is 212 g/mol. The molecule has 0 spiro atoms. The van der Waals surface area contributed by atoms with Crippen molar-refractivity contribution in [1.29, 1.82) is 0 Å². The molecule has 1 aromatic heterocycles. The van der Waals surface area contributed by atoms with Gasteiger partial charge in [-0.05, 0) is 23.8 Å². The van der Waals surface area contributed by atoms with Crippen molar-refractivity contribution in [2.75, 3.05) is 12.3 Å². The first-order valence-electron chi connectivity index (χ1n) is 6.17. The molecule has 3 N–H and O–H groups in total. The Morgan fingerprint density at radius 1 is 1.41 bits per heavy atom. The van der Waals surface area contributed by atoms with Crippen LogP contribution in [0.25, 0.3) is 0 Å². The van der Waals surface area contributed by atoms with Gasteiger partial charge in [0.1, 0.15) is 11.6 Å². The maximum atomic E-state index is 5.60. The zero-order chi connectivity index (χ0) is 12.9. The van der Waals surface area contributed by atoms with Crippen LogP contribution in [0.4, 0.5) is 5.82 Å². The summed E-state index contributed by atoms with van der Waals surface area (Å²) in [5, 5.41) is 3.39. The monoisotopic (exact) mass is 236 g/mol. The van der Waals surface area contributed by atoms with E-state index in [0.29, 0.717) is 17.8 Å². The molecular formula is C13H24N4. The van der Waals surface area contributed by atoms with Crippen molar-refractivity contribution < 1.29 is 0 Å². The Hall–Kier alpha value is -1.16. The summed E-state index contributed by atoms with van der Waals surface area (Å²) in [5.41, 5.74) is 5.90. The molecule has 0 aliphatic rings. The number of nitrogens with one attached hydrogen (secondary N) is 1. The smallest absolute Gasteiger partial charge is 0.144 e. The van der Waals surface area contributed by atoms with E-state index < -0.39 is 0 Å². The van der Waals surface area contributed by atoms with Gasteiger partial charge in [-0.2, -0.15) is 0 Å². The van der Waals surface area contributed by atoms with Gasteiger partial charge in [-0.15, -0.1) is 0 Å². The van der Waals surface area contributed by atoms with Gasteiger partial charge in [0.25, 0.3) is 0 Å². The Morgan fingerprint density at radius 2 is 2.12 bits per heavy atom. The highest BCUT2D eigenvalue weighted by molar-refractivity contribution is 5.24. The van der Waals surface area contributed by atoms with Crippen LogP contribution in [0.3, 0.4) is 0 Å². The van der Waals surface area contributed by atoms with Gasteiger partial charge in [-0.3, -0.25) is 0 Å². The van der Waals surface area contributed by atoms with Crippen LogP contribution in [-0.4, -0.2) is 16.5 Å². The highest BCUT2D eigenvalue weighted by Gasteiger charge is 2.18. The van der Waals surface area contributed by atoms with E-state index in [1.54, 1.807) is 12.3 Å². The van der Waals surface area contributed by atoms with Crippen molar-refractivity contribution >= 4 is 5.82 Å². The van der Waals surface area contributed by atoms with Crippen LogP contribution in [0.5, 0.6) is 0 Å². The predicted octanol–water partition coefficient (Wildman–Crippen LogP) is 2.22. The first-order valence-corrected chi connectivity index (χ1v) is 6.17. The largest absolute Gasteiger partial charge is 0.384 e. The summed E-state index contributed by atoms with van der Waals surface area (Å²) in [5.74, 6) is 2.00. The van der Waals surface area contributed by atoms with Crippen molar-refractivity contribution in [2.45, 2.75) is 40.7 Å². The third-order valence-electron chi connectivity index (χ3n) is 2.57. The maximum Gasteiger partial charge on any atom is 0.144 e. The van der Waals surface area contributed by atoms with Crippen LogP contribution in [0.15, 0.2) is 12.3 Å². The average Bonchev–Trinajstić information content (AvgIpc) is 2.15. The second-order valence-corrected chi connectivity index (χ2v) is 5.76. The highest BCUT2D eigenvalue weighted by atomic mass is 15.0. The molecule has 1 heterocycles. The Bertz CT molecular complexity index is 347. The summed E-state index contributed by atoms with van der Waals surface area (Å²) in [6, 6.07) is 1.70. The van der Waals surface area contributed by atoms with Gasteiger partial charge in [0.05, 0.1) is 6.54 Å². The van der Waals surface area contributed by atoms with Gasteiger partial charge in [0.15, 0.2) is 0 Å². The fraction of sp³-hybridized carbons (Fsp3) is 0.692. The van der Waals surface area contributed by atoms with Gasteiger partial charge in [-0.25, -0.2) is 9.97 Å². The number of hydrogen-bond donors (Lipinski definition) is 2. The molecule has 0 aliphatic carbocycles. The van der Waals surface area contributed by atoms with Gasteiger partial charge in [0.2, 0.25) is 0 Å². The van der Waals surface area contributed by atoms with E-state index in [0.717, 1.165) is 18.3 Å². The summed E-state index contributed by atoms with van der Waals surface area (Å²) >= 11 is 0. The van der Waals surface area contributed by atoms with Crippen molar-refractivity contribution in [1.82, 2.24) is 15.3 Å². The standard InChI is InChI=1S/C13H24N4/c1-10(2)7-13(3,4)9-15-8-12-16-6-5-11(14)17-12/h5-6,10,15H,7-9H2,1-4H3,(H2,14,16,17). The zero-order valence-corrected chi connectivity index (χ0v) is 11.3. The van der Waals surface area contributed by atoms with E-state index in [2.05, 4.69) is 43.0 Å². The molecule has 0 fully saturated rings. The number of nitrogen functional groups attached to an aromatic ring is 1. The minimum absolute atomic E-state index is 0.300. The molecule has 0 saturated carbocycles. The molecule has 0 bridgehead atoms. The van der Waals surface area contributed by atoms with Crippen LogP contribution < -0.4 is 11.1 Å². The minimum atomic E-state index is 0.300. The Labute approximate surface area is 104 Å².